The van der Waals surface area contributed by atoms with E-state index in [1.165, 1.54) is 38.0 Å². The van der Waals surface area contributed by atoms with Gasteiger partial charge in [0.05, 0.1) is 33.3 Å². The summed E-state index contributed by atoms with van der Waals surface area (Å²) in [5, 5.41) is 6.09. The molecule has 0 atom stereocenters. The molecule has 0 unspecified atom stereocenters. The Labute approximate surface area is 270 Å². The maximum Gasteiger partial charge on any atom is 0.138 e. The van der Waals surface area contributed by atoms with E-state index in [0.29, 0.717) is 0 Å². The Kier molecular flexibility index (Phi) is 5.51. The van der Waals surface area contributed by atoms with Gasteiger partial charge in [-0.1, -0.05) is 66.7 Å². The lowest BCUT2D eigenvalue weighted by Crippen LogP contribution is -1.99. The number of para-hydroxylation sites is 3. The summed E-state index contributed by atoms with van der Waals surface area (Å²) in [5.74, 6) is 0.876. The predicted molar refractivity (Wildman–Crippen MR) is 193 cm³/mol. The molecule has 0 N–H and O–H groups in total. The third-order valence-electron chi connectivity index (χ3n) is 9.36. The molecule has 0 saturated heterocycles. The van der Waals surface area contributed by atoms with Crippen molar-refractivity contribution in [3.05, 3.63) is 164 Å². The number of benzene rings is 5. The van der Waals surface area contributed by atoms with Crippen molar-refractivity contribution in [3.63, 3.8) is 0 Å². The molecule has 5 aromatic heterocycles. The molecule has 47 heavy (non-hydrogen) atoms. The van der Waals surface area contributed by atoms with Crippen LogP contribution in [-0.4, -0.2) is 23.7 Å². The summed E-state index contributed by atoms with van der Waals surface area (Å²) in [5.41, 5.74) is 9.96. The van der Waals surface area contributed by atoms with Gasteiger partial charge < -0.3 is 9.13 Å². The van der Waals surface area contributed by atoms with Crippen LogP contribution >= 0.6 is 0 Å². The predicted octanol–water partition coefficient (Wildman–Crippen LogP) is 10.3. The minimum atomic E-state index is 0.876. The highest BCUT2D eigenvalue weighted by Crippen LogP contribution is 2.42. The molecule has 0 amide bonds. The van der Waals surface area contributed by atoms with Gasteiger partial charge in [-0.15, -0.1) is 0 Å². The molecule has 0 spiro atoms. The molecule has 5 heterocycles. The first-order chi connectivity index (χ1) is 23.3. The van der Waals surface area contributed by atoms with E-state index in [9.17, 15) is 0 Å². The SMILES string of the molecule is c1ccc(-n2ccc3c2ccc2c4cc5c6ccccc6n(-c6cccc(-c7cccnc7)n6)c5cc4n(-c4ccccc4)c23)cc1. The first kappa shape index (κ1) is 25.8. The van der Waals surface area contributed by atoms with Crippen LogP contribution in [0.25, 0.3) is 83.0 Å². The molecule has 5 nitrogen and oxygen atoms in total. The minimum absolute atomic E-state index is 0.876. The van der Waals surface area contributed by atoms with E-state index in [1.807, 2.05) is 18.3 Å². The average molecular weight is 602 g/mol. The topological polar surface area (TPSA) is 40.6 Å². The lowest BCUT2D eigenvalue weighted by atomic mass is 10.1. The molecule has 10 rings (SSSR count). The normalized spacial score (nSPS) is 11.8. The van der Waals surface area contributed by atoms with E-state index < -0.39 is 0 Å². The first-order valence-corrected chi connectivity index (χ1v) is 15.8. The third-order valence-corrected chi connectivity index (χ3v) is 9.36. The summed E-state index contributed by atoms with van der Waals surface area (Å²) in [6.07, 6.45) is 5.85. The maximum atomic E-state index is 5.18. The second-order valence-electron chi connectivity index (χ2n) is 11.9. The second-order valence-corrected chi connectivity index (χ2v) is 11.9. The van der Waals surface area contributed by atoms with Crippen molar-refractivity contribution >= 4 is 54.5 Å². The van der Waals surface area contributed by atoms with Crippen molar-refractivity contribution in [1.82, 2.24) is 23.7 Å². The van der Waals surface area contributed by atoms with Gasteiger partial charge in [0, 0.05) is 62.5 Å². The van der Waals surface area contributed by atoms with Gasteiger partial charge >= 0.3 is 0 Å². The van der Waals surface area contributed by atoms with Crippen LogP contribution in [0.15, 0.2) is 164 Å². The maximum absolute atomic E-state index is 5.18. The quantitative estimate of drug-likeness (QED) is 0.201. The van der Waals surface area contributed by atoms with Crippen molar-refractivity contribution in [3.8, 4) is 28.5 Å². The van der Waals surface area contributed by atoms with E-state index in [-0.39, 0.29) is 0 Å². The Morgan fingerprint density at radius 1 is 0.447 bits per heavy atom. The summed E-state index contributed by atoms with van der Waals surface area (Å²) in [4.78, 5) is 9.51. The Hall–Kier alpha value is -6.46. The summed E-state index contributed by atoms with van der Waals surface area (Å²) >= 11 is 0. The van der Waals surface area contributed by atoms with Gasteiger partial charge in [0.15, 0.2) is 0 Å². The van der Waals surface area contributed by atoms with Crippen LogP contribution in [0.2, 0.25) is 0 Å². The molecule has 10 aromatic rings. The molecule has 0 radical (unpaired) electrons. The fourth-order valence-corrected chi connectivity index (χ4v) is 7.31. The molecule has 5 aromatic carbocycles. The molecule has 0 aliphatic heterocycles. The van der Waals surface area contributed by atoms with Gasteiger partial charge in [0.25, 0.3) is 0 Å². The largest absolute Gasteiger partial charge is 0.316 e. The minimum Gasteiger partial charge on any atom is -0.316 e. The zero-order chi connectivity index (χ0) is 30.9. The molecule has 0 fully saturated rings. The molecular formula is C42H27N5. The number of pyridine rings is 2. The van der Waals surface area contributed by atoms with Crippen LogP contribution in [-0.2, 0) is 0 Å². The monoisotopic (exact) mass is 601 g/mol. The van der Waals surface area contributed by atoms with Gasteiger partial charge in [-0.2, -0.15) is 0 Å². The highest BCUT2D eigenvalue weighted by molar-refractivity contribution is 6.23. The standard InChI is InChI=1S/C42H27N5/c1-3-12-29(13-4-1)45-24-22-33-37(45)21-20-32-35-25-34-31-16-7-8-18-38(31)47(41-19-9-17-36(44-41)28-11-10-23-43-27-28)40(34)26-39(35)46(42(32)33)30-14-5-2-6-15-30/h1-27H. The van der Waals surface area contributed by atoms with E-state index in [4.69, 9.17) is 4.98 Å². The smallest absolute Gasteiger partial charge is 0.138 e. The molecule has 5 heteroatoms. The van der Waals surface area contributed by atoms with Crippen LogP contribution in [0.4, 0.5) is 0 Å². The van der Waals surface area contributed by atoms with Crippen molar-refractivity contribution in [2.75, 3.05) is 0 Å². The van der Waals surface area contributed by atoms with Gasteiger partial charge in [-0.25, -0.2) is 4.98 Å². The van der Waals surface area contributed by atoms with Crippen LogP contribution in [0, 0.1) is 0 Å². The average Bonchev–Trinajstić information content (AvgIpc) is 3.82. The van der Waals surface area contributed by atoms with Gasteiger partial charge in [0.1, 0.15) is 5.82 Å². The Balaban J connectivity index is 1.32. The Morgan fingerprint density at radius 3 is 2.04 bits per heavy atom. The highest BCUT2D eigenvalue weighted by Gasteiger charge is 2.21. The number of hydrogen-bond donors (Lipinski definition) is 0. The fraction of sp³-hybridized carbons (Fsp3) is 0. The van der Waals surface area contributed by atoms with E-state index in [0.717, 1.165) is 45.0 Å². The molecule has 0 saturated carbocycles. The summed E-state index contributed by atoms with van der Waals surface area (Å²) in [6, 6.07) is 51.7. The highest BCUT2D eigenvalue weighted by atomic mass is 15.1. The van der Waals surface area contributed by atoms with Crippen LogP contribution < -0.4 is 0 Å². The molecule has 0 bridgehead atoms. The van der Waals surface area contributed by atoms with Crippen LogP contribution in [0.5, 0.6) is 0 Å². The lowest BCUT2D eigenvalue weighted by molar-refractivity contribution is 1.08. The second kappa shape index (κ2) is 10.0. The Morgan fingerprint density at radius 2 is 1.21 bits per heavy atom. The van der Waals surface area contributed by atoms with Crippen molar-refractivity contribution in [2.45, 2.75) is 0 Å². The summed E-state index contributed by atoms with van der Waals surface area (Å²) in [7, 11) is 0. The fourth-order valence-electron chi connectivity index (χ4n) is 7.31. The van der Waals surface area contributed by atoms with E-state index in [1.54, 1.807) is 6.20 Å². The van der Waals surface area contributed by atoms with Gasteiger partial charge in [0.2, 0.25) is 0 Å². The van der Waals surface area contributed by atoms with Crippen molar-refractivity contribution < 1.29 is 0 Å². The zero-order valence-electron chi connectivity index (χ0n) is 25.3. The molecule has 0 aliphatic rings. The number of rotatable bonds is 4. The molecular weight excluding hydrogens is 574 g/mol. The number of hydrogen-bond acceptors (Lipinski definition) is 2. The number of aromatic nitrogens is 5. The molecule has 0 aliphatic carbocycles. The summed E-state index contributed by atoms with van der Waals surface area (Å²) in [6.45, 7) is 0. The first-order valence-electron chi connectivity index (χ1n) is 15.8. The van der Waals surface area contributed by atoms with Crippen LogP contribution in [0.3, 0.4) is 0 Å². The van der Waals surface area contributed by atoms with Gasteiger partial charge in [-0.3, -0.25) is 9.55 Å². The van der Waals surface area contributed by atoms with Crippen molar-refractivity contribution in [1.29, 1.82) is 0 Å². The summed E-state index contributed by atoms with van der Waals surface area (Å²) < 4.78 is 7.02. The van der Waals surface area contributed by atoms with Crippen LogP contribution in [0.1, 0.15) is 0 Å². The lowest BCUT2D eigenvalue weighted by Gasteiger charge is -2.11. The number of fused-ring (bicyclic) bond motifs is 8. The van der Waals surface area contributed by atoms with E-state index >= 15 is 0 Å². The number of nitrogens with zero attached hydrogens (tertiary/aromatic N) is 5. The zero-order valence-corrected chi connectivity index (χ0v) is 25.3. The van der Waals surface area contributed by atoms with Gasteiger partial charge in [-0.05, 0) is 78.9 Å². The van der Waals surface area contributed by atoms with Crippen molar-refractivity contribution in [2.24, 2.45) is 0 Å². The molecule has 220 valence electrons. The van der Waals surface area contributed by atoms with E-state index in [2.05, 4.69) is 158 Å². The third kappa shape index (κ3) is 3.83. The Bertz CT molecular complexity index is 2770.